The van der Waals surface area contributed by atoms with Crippen molar-refractivity contribution in [3.8, 4) is 0 Å². The van der Waals surface area contributed by atoms with Gasteiger partial charge in [-0.1, -0.05) is 18.0 Å². The van der Waals surface area contributed by atoms with Crippen LogP contribution in [0.3, 0.4) is 0 Å². The predicted octanol–water partition coefficient (Wildman–Crippen LogP) is 3.25. The standard InChI is InChI=1S/C12H15Cl2NO2S/c1-15(10-3-2-4-10)18(16,17)11-5-6-12(14)9(7-11)8-13/h5-7,10H,2-4,8H2,1H3. The van der Waals surface area contributed by atoms with E-state index >= 15 is 0 Å². The molecule has 0 amide bonds. The van der Waals surface area contributed by atoms with Gasteiger partial charge >= 0.3 is 0 Å². The molecule has 1 aromatic carbocycles. The summed E-state index contributed by atoms with van der Waals surface area (Å²) in [6.45, 7) is 0. The summed E-state index contributed by atoms with van der Waals surface area (Å²) < 4.78 is 26.2. The van der Waals surface area contributed by atoms with Crippen molar-refractivity contribution >= 4 is 33.2 Å². The molecule has 0 heterocycles. The molecule has 0 spiro atoms. The van der Waals surface area contributed by atoms with Crippen molar-refractivity contribution in [1.29, 1.82) is 0 Å². The van der Waals surface area contributed by atoms with E-state index in [2.05, 4.69) is 0 Å². The molecule has 2 rings (SSSR count). The van der Waals surface area contributed by atoms with E-state index in [1.54, 1.807) is 19.2 Å². The second kappa shape index (κ2) is 5.37. The predicted molar refractivity (Wildman–Crippen MR) is 73.6 cm³/mol. The minimum absolute atomic E-state index is 0.130. The minimum Gasteiger partial charge on any atom is -0.207 e. The molecule has 1 aliphatic rings. The van der Waals surface area contributed by atoms with Gasteiger partial charge in [-0.05, 0) is 36.6 Å². The summed E-state index contributed by atoms with van der Waals surface area (Å²) in [7, 11) is -1.80. The van der Waals surface area contributed by atoms with Crippen molar-refractivity contribution in [1.82, 2.24) is 4.31 Å². The largest absolute Gasteiger partial charge is 0.243 e. The average Bonchev–Trinajstić information content (AvgIpc) is 2.27. The summed E-state index contributed by atoms with van der Waals surface area (Å²) in [4.78, 5) is 0.261. The lowest BCUT2D eigenvalue weighted by molar-refractivity contribution is 0.249. The Morgan fingerprint density at radius 1 is 1.39 bits per heavy atom. The Kier molecular flexibility index (Phi) is 4.22. The highest BCUT2D eigenvalue weighted by Crippen LogP contribution is 2.30. The lowest BCUT2D eigenvalue weighted by Gasteiger charge is -2.33. The lowest BCUT2D eigenvalue weighted by atomic mass is 9.94. The Balaban J connectivity index is 2.34. The van der Waals surface area contributed by atoms with Gasteiger partial charge in [0.25, 0.3) is 0 Å². The van der Waals surface area contributed by atoms with Gasteiger partial charge in [-0.3, -0.25) is 0 Å². The highest BCUT2D eigenvalue weighted by Gasteiger charge is 2.31. The van der Waals surface area contributed by atoms with Gasteiger partial charge in [0.1, 0.15) is 0 Å². The molecule has 3 nitrogen and oxygen atoms in total. The zero-order valence-electron chi connectivity index (χ0n) is 10.1. The van der Waals surface area contributed by atoms with E-state index in [-0.39, 0.29) is 16.8 Å². The zero-order chi connectivity index (χ0) is 13.3. The molecule has 0 bridgehead atoms. The second-order valence-electron chi connectivity index (χ2n) is 4.49. The number of benzene rings is 1. The van der Waals surface area contributed by atoms with Crippen LogP contribution in [0.1, 0.15) is 24.8 Å². The van der Waals surface area contributed by atoms with Gasteiger partial charge < -0.3 is 0 Å². The van der Waals surface area contributed by atoms with Crippen molar-refractivity contribution in [2.75, 3.05) is 7.05 Å². The van der Waals surface area contributed by atoms with Crippen LogP contribution in [0.5, 0.6) is 0 Å². The molecule has 100 valence electrons. The Morgan fingerprint density at radius 3 is 2.56 bits per heavy atom. The number of sulfonamides is 1. The highest BCUT2D eigenvalue weighted by molar-refractivity contribution is 7.89. The molecule has 0 N–H and O–H groups in total. The van der Waals surface area contributed by atoms with Crippen LogP contribution in [0.2, 0.25) is 5.02 Å². The first kappa shape index (κ1) is 14.1. The first-order valence-corrected chi connectivity index (χ1v) is 8.14. The van der Waals surface area contributed by atoms with Gasteiger partial charge in [0.15, 0.2) is 0 Å². The molecule has 6 heteroatoms. The number of nitrogens with zero attached hydrogens (tertiary/aromatic N) is 1. The van der Waals surface area contributed by atoms with Crippen LogP contribution < -0.4 is 0 Å². The first-order valence-electron chi connectivity index (χ1n) is 5.79. The summed E-state index contributed by atoms with van der Waals surface area (Å²) in [5.41, 5.74) is 0.640. The molecule has 0 saturated heterocycles. The first-order chi connectivity index (χ1) is 8.46. The van der Waals surface area contributed by atoms with E-state index in [9.17, 15) is 8.42 Å². The summed E-state index contributed by atoms with van der Waals surface area (Å²) in [6.07, 6.45) is 2.97. The Morgan fingerprint density at radius 2 is 2.06 bits per heavy atom. The molecular weight excluding hydrogens is 293 g/mol. The fraction of sp³-hybridized carbons (Fsp3) is 0.500. The van der Waals surface area contributed by atoms with Crippen LogP contribution in [0.4, 0.5) is 0 Å². The minimum atomic E-state index is -3.43. The topological polar surface area (TPSA) is 37.4 Å². The third-order valence-corrected chi connectivity index (χ3v) is 5.99. The van der Waals surface area contributed by atoms with Gasteiger partial charge in [-0.25, -0.2) is 8.42 Å². The van der Waals surface area contributed by atoms with E-state index in [1.807, 2.05) is 0 Å². The van der Waals surface area contributed by atoms with E-state index in [0.29, 0.717) is 10.6 Å². The Bertz CT molecular complexity index is 541. The summed E-state index contributed by atoms with van der Waals surface area (Å²) in [5, 5.41) is 0.496. The lowest BCUT2D eigenvalue weighted by Crippen LogP contribution is -2.41. The van der Waals surface area contributed by atoms with Crippen LogP contribution in [0.25, 0.3) is 0 Å². The molecule has 0 atom stereocenters. The number of rotatable bonds is 4. The maximum absolute atomic E-state index is 12.4. The molecule has 0 radical (unpaired) electrons. The highest BCUT2D eigenvalue weighted by atomic mass is 35.5. The third kappa shape index (κ3) is 2.52. The van der Waals surface area contributed by atoms with Gasteiger partial charge in [0, 0.05) is 24.0 Å². The monoisotopic (exact) mass is 307 g/mol. The number of alkyl halides is 1. The fourth-order valence-electron chi connectivity index (χ4n) is 1.93. The maximum atomic E-state index is 12.4. The second-order valence-corrected chi connectivity index (χ2v) is 7.16. The molecule has 0 aromatic heterocycles. The van der Waals surface area contributed by atoms with E-state index < -0.39 is 10.0 Å². The van der Waals surface area contributed by atoms with Crippen LogP contribution in [-0.4, -0.2) is 25.8 Å². The maximum Gasteiger partial charge on any atom is 0.243 e. The zero-order valence-corrected chi connectivity index (χ0v) is 12.4. The van der Waals surface area contributed by atoms with Gasteiger partial charge in [0.2, 0.25) is 10.0 Å². The van der Waals surface area contributed by atoms with E-state index in [0.717, 1.165) is 19.3 Å². The molecule has 0 unspecified atom stereocenters. The van der Waals surface area contributed by atoms with Crippen LogP contribution >= 0.6 is 23.2 Å². The van der Waals surface area contributed by atoms with Crippen molar-refractivity contribution in [2.45, 2.75) is 36.1 Å². The smallest absolute Gasteiger partial charge is 0.207 e. The van der Waals surface area contributed by atoms with Crippen molar-refractivity contribution in [2.24, 2.45) is 0 Å². The van der Waals surface area contributed by atoms with Gasteiger partial charge in [-0.2, -0.15) is 4.31 Å². The quantitative estimate of drug-likeness (QED) is 0.801. The van der Waals surface area contributed by atoms with Crippen molar-refractivity contribution in [3.05, 3.63) is 28.8 Å². The average molecular weight is 308 g/mol. The molecule has 1 fully saturated rings. The van der Waals surface area contributed by atoms with E-state index in [4.69, 9.17) is 23.2 Å². The summed E-state index contributed by atoms with van der Waals surface area (Å²) in [5.74, 6) is 0.204. The normalized spacial score (nSPS) is 16.9. The molecule has 1 aromatic rings. The number of hydrogen-bond acceptors (Lipinski definition) is 2. The molecule has 0 aliphatic heterocycles. The Labute approximate surface area is 118 Å². The van der Waals surface area contributed by atoms with Gasteiger partial charge in [-0.15, -0.1) is 11.6 Å². The summed E-state index contributed by atoms with van der Waals surface area (Å²) in [6, 6.07) is 4.80. The number of halogens is 2. The van der Waals surface area contributed by atoms with Crippen LogP contribution in [0, 0.1) is 0 Å². The SMILES string of the molecule is CN(C1CCC1)S(=O)(=O)c1ccc(Cl)c(CCl)c1. The summed E-state index contributed by atoms with van der Waals surface area (Å²) >= 11 is 11.7. The van der Waals surface area contributed by atoms with E-state index in [1.165, 1.54) is 10.4 Å². The van der Waals surface area contributed by atoms with Crippen LogP contribution in [0.15, 0.2) is 23.1 Å². The molecular formula is C12H15Cl2NO2S. The Hall–Kier alpha value is -0.290. The van der Waals surface area contributed by atoms with Crippen molar-refractivity contribution in [3.63, 3.8) is 0 Å². The fourth-order valence-corrected chi connectivity index (χ4v) is 3.87. The molecule has 1 aliphatic carbocycles. The number of hydrogen-bond donors (Lipinski definition) is 0. The third-order valence-electron chi connectivity index (χ3n) is 3.43. The molecule has 1 saturated carbocycles. The van der Waals surface area contributed by atoms with Crippen molar-refractivity contribution < 1.29 is 8.42 Å². The van der Waals surface area contributed by atoms with Gasteiger partial charge in [0.05, 0.1) is 4.90 Å². The molecule has 18 heavy (non-hydrogen) atoms. The van der Waals surface area contributed by atoms with Crippen LogP contribution in [-0.2, 0) is 15.9 Å².